The fourth-order valence-electron chi connectivity index (χ4n) is 2.52. The molecular formula is C13H16N4O2S. The van der Waals surface area contributed by atoms with Crippen LogP contribution in [0.15, 0.2) is 12.2 Å². The molecule has 2 aromatic rings. The maximum atomic E-state index is 11.4. The van der Waals surface area contributed by atoms with E-state index in [0.29, 0.717) is 6.42 Å². The number of allylic oxidation sites excluding steroid dienone is 2. The Morgan fingerprint density at radius 1 is 1.40 bits per heavy atom. The second-order valence-electron chi connectivity index (χ2n) is 5.34. The minimum absolute atomic E-state index is 0.0655. The number of aliphatic carboxylic acids is 1. The molecule has 0 bridgehead atoms. The Morgan fingerprint density at radius 2 is 2.15 bits per heavy atom. The fourth-order valence-corrected chi connectivity index (χ4v) is 3.54. The summed E-state index contributed by atoms with van der Waals surface area (Å²) in [4.78, 5) is 12.1. The molecule has 0 saturated heterocycles. The smallest absolute Gasteiger partial charge is 0.307 e. The molecule has 3 rings (SSSR count). The Bertz CT molecular complexity index is 673. The van der Waals surface area contributed by atoms with Crippen LogP contribution in [0.1, 0.15) is 49.4 Å². The summed E-state index contributed by atoms with van der Waals surface area (Å²) in [7, 11) is 0. The molecule has 0 spiro atoms. The number of aromatic nitrogens is 4. The van der Waals surface area contributed by atoms with E-state index in [1.54, 1.807) is 4.52 Å². The summed E-state index contributed by atoms with van der Waals surface area (Å²) in [6.07, 6.45) is 5.26. The molecule has 2 heterocycles. The van der Waals surface area contributed by atoms with Gasteiger partial charge in [-0.2, -0.15) is 9.61 Å². The standard InChI is InChI=1S/C13H16N4O2S/c1-7(2)10-14-15-13-17(10)16-11(20-13)8-5-3-4-6-9(8)12(18)19/h3-4,7-9H,5-6H2,1-2H3,(H,18,19). The van der Waals surface area contributed by atoms with Crippen LogP contribution >= 0.6 is 11.3 Å². The summed E-state index contributed by atoms with van der Waals surface area (Å²) in [5.74, 6) is -0.160. The topological polar surface area (TPSA) is 80.4 Å². The summed E-state index contributed by atoms with van der Waals surface area (Å²) in [6, 6.07) is 0. The lowest BCUT2D eigenvalue weighted by molar-refractivity contribution is -0.142. The van der Waals surface area contributed by atoms with Crippen molar-refractivity contribution in [3.8, 4) is 0 Å². The average molecular weight is 292 g/mol. The lowest BCUT2D eigenvalue weighted by atomic mass is 9.83. The molecule has 6 nitrogen and oxygen atoms in total. The molecule has 1 aliphatic carbocycles. The molecule has 1 N–H and O–H groups in total. The molecule has 2 aromatic heterocycles. The van der Waals surface area contributed by atoms with Crippen LogP contribution in [-0.2, 0) is 4.79 Å². The first-order chi connectivity index (χ1) is 9.58. The van der Waals surface area contributed by atoms with Gasteiger partial charge in [-0.25, -0.2) is 0 Å². The van der Waals surface area contributed by atoms with Gasteiger partial charge in [0, 0.05) is 11.8 Å². The number of hydrogen-bond donors (Lipinski definition) is 1. The van der Waals surface area contributed by atoms with Gasteiger partial charge in [0.15, 0.2) is 5.82 Å². The molecule has 1 aliphatic rings. The lowest BCUT2D eigenvalue weighted by Crippen LogP contribution is -2.23. The highest BCUT2D eigenvalue weighted by atomic mass is 32.1. The summed E-state index contributed by atoms with van der Waals surface area (Å²) in [5, 5.41) is 23.0. The van der Waals surface area contributed by atoms with Crippen LogP contribution in [0.2, 0.25) is 0 Å². The van der Waals surface area contributed by atoms with E-state index in [1.165, 1.54) is 11.3 Å². The zero-order valence-corrected chi connectivity index (χ0v) is 12.2. The lowest BCUT2D eigenvalue weighted by Gasteiger charge is -2.22. The third-order valence-corrected chi connectivity index (χ3v) is 4.64. The van der Waals surface area contributed by atoms with Gasteiger partial charge in [-0.15, -0.1) is 10.2 Å². The molecule has 106 valence electrons. The van der Waals surface area contributed by atoms with Gasteiger partial charge in [0.05, 0.1) is 5.92 Å². The van der Waals surface area contributed by atoms with Crippen molar-refractivity contribution in [1.82, 2.24) is 19.8 Å². The molecule has 20 heavy (non-hydrogen) atoms. The highest BCUT2D eigenvalue weighted by Gasteiger charge is 2.33. The van der Waals surface area contributed by atoms with E-state index in [9.17, 15) is 9.90 Å². The number of hydrogen-bond acceptors (Lipinski definition) is 5. The first-order valence-corrected chi connectivity index (χ1v) is 7.49. The van der Waals surface area contributed by atoms with Crippen LogP contribution in [0, 0.1) is 5.92 Å². The summed E-state index contributed by atoms with van der Waals surface area (Å²) < 4.78 is 1.75. The molecule has 2 unspecified atom stereocenters. The van der Waals surface area contributed by atoms with Gasteiger partial charge >= 0.3 is 5.97 Å². The van der Waals surface area contributed by atoms with Crippen LogP contribution in [-0.4, -0.2) is 30.9 Å². The third kappa shape index (κ3) is 2.11. The van der Waals surface area contributed by atoms with Crippen LogP contribution in [0.3, 0.4) is 0 Å². The normalized spacial score (nSPS) is 22.8. The van der Waals surface area contributed by atoms with E-state index in [-0.39, 0.29) is 11.8 Å². The maximum absolute atomic E-state index is 11.4. The molecule has 0 aliphatic heterocycles. The van der Waals surface area contributed by atoms with Crippen molar-refractivity contribution in [3.63, 3.8) is 0 Å². The Morgan fingerprint density at radius 3 is 2.85 bits per heavy atom. The van der Waals surface area contributed by atoms with E-state index < -0.39 is 11.9 Å². The quantitative estimate of drug-likeness (QED) is 0.879. The van der Waals surface area contributed by atoms with Gasteiger partial charge in [-0.3, -0.25) is 4.79 Å². The number of carbonyl (C=O) groups is 1. The molecule has 7 heteroatoms. The molecule has 0 saturated carbocycles. The first-order valence-electron chi connectivity index (χ1n) is 6.67. The summed E-state index contributed by atoms with van der Waals surface area (Å²) in [5.41, 5.74) is 0. The van der Waals surface area contributed by atoms with E-state index in [0.717, 1.165) is 22.2 Å². The molecule has 2 atom stereocenters. The number of rotatable bonds is 3. The fraction of sp³-hybridized carbons (Fsp3) is 0.538. The van der Waals surface area contributed by atoms with Crippen molar-refractivity contribution in [2.45, 2.75) is 38.5 Å². The molecular weight excluding hydrogens is 276 g/mol. The number of carboxylic acids is 1. The second kappa shape index (κ2) is 4.97. The third-order valence-electron chi connectivity index (χ3n) is 3.61. The zero-order valence-electron chi connectivity index (χ0n) is 11.4. The number of nitrogens with zero attached hydrogens (tertiary/aromatic N) is 4. The van der Waals surface area contributed by atoms with E-state index in [1.807, 2.05) is 26.0 Å². The molecule has 0 aromatic carbocycles. The van der Waals surface area contributed by atoms with E-state index in [2.05, 4.69) is 15.3 Å². The van der Waals surface area contributed by atoms with Crippen LogP contribution in [0.5, 0.6) is 0 Å². The van der Waals surface area contributed by atoms with Gasteiger partial charge in [0.1, 0.15) is 5.01 Å². The minimum atomic E-state index is -0.755. The largest absolute Gasteiger partial charge is 0.481 e. The Balaban J connectivity index is 2.01. The van der Waals surface area contributed by atoms with Gasteiger partial charge in [0.2, 0.25) is 4.96 Å². The van der Waals surface area contributed by atoms with Crippen LogP contribution in [0.4, 0.5) is 0 Å². The SMILES string of the molecule is CC(C)c1nnc2sc(C3CC=CCC3C(=O)O)nn12. The summed E-state index contributed by atoms with van der Waals surface area (Å²) >= 11 is 1.44. The van der Waals surface area contributed by atoms with Gasteiger partial charge < -0.3 is 5.11 Å². The monoisotopic (exact) mass is 292 g/mol. The Kier molecular flexibility index (Phi) is 3.29. The van der Waals surface area contributed by atoms with Crippen LogP contribution in [0.25, 0.3) is 4.96 Å². The minimum Gasteiger partial charge on any atom is -0.481 e. The highest BCUT2D eigenvalue weighted by molar-refractivity contribution is 7.16. The predicted octanol–water partition coefficient (Wildman–Crippen LogP) is 2.44. The molecule has 0 fully saturated rings. The maximum Gasteiger partial charge on any atom is 0.307 e. The molecule has 0 amide bonds. The number of carboxylic acid groups (broad SMARTS) is 1. The summed E-state index contributed by atoms with van der Waals surface area (Å²) in [6.45, 7) is 4.08. The van der Waals surface area contributed by atoms with Crippen LogP contribution < -0.4 is 0 Å². The van der Waals surface area contributed by atoms with Gasteiger partial charge in [0.25, 0.3) is 0 Å². The van der Waals surface area contributed by atoms with Crippen molar-refractivity contribution in [2.75, 3.05) is 0 Å². The first kappa shape index (κ1) is 13.2. The highest BCUT2D eigenvalue weighted by Crippen LogP contribution is 2.37. The Labute approximate surface area is 120 Å². The van der Waals surface area contributed by atoms with Gasteiger partial charge in [-0.05, 0) is 12.8 Å². The molecule has 0 radical (unpaired) electrons. The zero-order chi connectivity index (χ0) is 14.3. The Hall–Kier alpha value is -1.76. The van der Waals surface area contributed by atoms with E-state index in [4.69, 9.17) is 0 Å². The van der Waals surface area contributed by atoms with Crippen molar-refractivity contribution < 1.29 is 9.90 Å². The van der Waals surface area contributed by atoms with Gasteiger partial charge in [-0.1, -0.05) is 37.3 Å². The number of fused-ring (bicyclic) bond motifs is 1. The second-order valence-corrected chi connectivity index (χ2v) is 6.33. The van der Waals surface area contributed by atoms with E-state index >= 15 is 0 Å². The van der Waals surface area contributed by atoms with Crippen molar-refractivity contribution >= 4 is 22.3 Å². The van der Waals surface area contributed by atoms with Crippen molar-refractivity contribution in [1.29, 1.82) is 0 Å². The predicted molar refractivity (Wildman–Crippen MR) is 75.0 cm³/mol. The average Bonchev–Trinajstić information content (AvgIpc) is 2.97. The van der Waals surface area contributed by atoms with Crippen molar-refractivity contribution in [2.24, 2.45) is 5.92 Å². The van der Waals surface area contributed by atoms with Crippen molar-refractivity contribution in [3.05, 3.63) is 23.0 Å².